The van der Waals surface area contributed by atoms with Crippen LogP contribution in [-0.2, 0) is 23.1 Å². The Morgan fingerprint density at radius 2 is 2.10 bits per heavy atom. The van der Waals surface area contributed by atoms with Crippen molar-refractivity contribution in [3.63, 3.8) is 0 Å². The molecule has 2 N–H and O–H groups in total. The standard InChI is InChI=1S/C15H27N3O2S/c1-4-7-18-11-14(9-13(18)10-16-6-3)21(19,20)17-15-8-12(15)5-2/h9,11-12,15-17H,4-8,10H2,1-3H3. The molecular weight excluding hydrogens is 286 g/mol. The Balaban J connectivity index is 2.14. The molecule has 0 spiro atoms. The zero-order valence-electron chi connectivity index (χ0n) is 13.2. The second-order valence-corrected chi connectivity index (χ2v) is 7.49. The molecular formula is C15H27N3O2S. The Labute approximate surface area is 128 Å². The number of hydrogen-bond acceptors (Lipinski definition) is 3. The van der Waals surface area contributed by atoms with Crippen molar-refractivity contribution in [2.45, 2.75) is 64.1 Å². The number of sulfonamides is 1. The van der Waals surface area contributed by atoms with Gasteiger partial charge in [0, 0.05) is 31.0 Å². The number of nitrogens with zero attached hydrogens (tertiary/aromatic N) is 1. The van der Waals surface area contributed by atoms with Gasteiger partial charge in [0.2, 0.25) is 10.0 Å². The monoisotopic (exact) mass is 313 g/mol. The third kappa shape index (κ3) is 4.08. The first-order valence-corrected chi connectivity index (χ1v) is 9.42. The molecule has 2 atom stereocenters. The van der Waals surface area contributed by atoms with Gasteiger partial charge in [-0.05, 0) is 31.4 Å². The zero-order chi connectivity index (χ0) is 15.5. The van der Waals surface area contributed by atoms with E-state index in [0.29, 0.717) is 17.4 Å². The Morgan fingerprint density at radius 1 is 1.33 bits per heavy atom. The maximum absolute atomic E-state index is 12.4. The molecule has 1 aromatic heterocycles. The molecule has 1 heterocycles. The van der Waals surface area contributed by atoms with Gasteiger partial charge in [-0.25, -0.2) is 13.1 Å². The van der Waals surface area contributed by atoms with Gasteiger partial charge < -0.3 is 9.88 Å². The molecule has 0 bridgehead atoms. The largest absolute Gasteiger partial charge is 0.349 e. The van der Waals surface area contributed by atoms with E-state index in [9.17, 15) is 8.42 Å². The Kier molecular flexibility index (Phi) is 5.46. The number of aromatic nitrogens is 1. The van der Waals surface area contributed by atoms with E-state index in [4.69, 9.17) is 0 Å². The van der Waals surface area contributed by atoms with E-state index in [1.165, 1.54) is 0 Å². The van der Waals surface area contributed by atoms with Crippen molar-refractivity contribution in [3.05, 3.63) is 18.0 Å². The zero-order valence-corrected chi connectivity index (χ0v) is 14.0. The fraction of sp³-hybridized carbons (Fsp3) is 0.733. The van der Waals surface area contributed by atoms with Crippen LogP contribution < -0.4 is 10.0 Å². The fourth-order valence-electron chi connectivity index (χ4n) is 2.63. The lowest BCUT2D eigenvalue weighted by atomic mass is 10.3. The van der Waals surface area contributed by atoms with Gasteiger partial charge >= 0.3 is 0 Å². The average molecular weight is 313 g/mol. The van der Waals surface area contributed by atoms with E-state index in [0.717, 1.165) is 38.0 Å². The summed E-state index contributed by atoms with van der Waals surface area (Å²) >= 11 is 0. The van der Waals surface area contributed by atoms with Crippen molar-refractivity contribution >= 4 is 10.0 Å². The molecule has 1 saturated carbocycles. The molecule has 2 rings (SSSR count). The van der Waals surface area contributed by atoms with Crippen molar-refractivity contribution in [2.24, 2.45) is 5.92 Å². The summed E-state index contributed by atoms with van der Waals surface area (Å²) in [5, 5.41) is 3.26. The van der Waals surface area contributed by atoms with E-state index in [1.807, 2.05) is 11.5 Å². The predicted molar refractivity (Wildman–Crippen MR) is 84.6 cm³/mol. The van der Waals surface area contributed by atoms with Crippen molar-refractivity contribution in [3.8, 4) is 0 Å². The van der Waals surface area contributed by atoms with Gasteiger partial charge in [0.1, 0.15) is 0 Å². The molecule has 120 valence electrons. The van der Waals surface area contributed by atoms with Crippen molar-refractivity contribution in [1.29, 1.82) is 0 Å². The highest BCUT2D eigenvalue weighted by Crippen LogP contribution is 2.34. The smallest absolute Gasteiger partial charge is 0.242 e. The molecule has 21 heavy (non-hydrogen) atoms. The van der Waals surface area contributed by atoms with E-state index in [2.05, 4.69) is 23.9 Å². The highest BCUT2D eigenvalue weighted by molar-refractivity contribution is 7.89. The molecule has 0 aromatic carbocycles. The number of nitrogens with one attached hydrogen (secondary N) is 2. The third-order valence-corrected chi connectivity index (χ3v) is 5.50. The van der Waals surface area contributed by atoms with Gasteiger partial charge in [-0.2, -0.15) is 0 Å². The maximum atomic E-state index is 12.4. The summed E-state index contributed by atoms with van der Waals surface area (Å²) in [7, 11) is -3.38. The first-order chi connectivity index (χ1) is 10.0. The summed E-state index contributed by atoms with van der Waals surface area (Å²) in [5.74, 6) is 0.513. The van der Waals surface area contributed by atoms with Gasteiger partial charge in [-0.1, -0.05) is 27.2 Å². The van der Waals surface area contributed by atoms with Gasteiger partial charge in [-0.3, -0.25) is 0 Å². The first-order valence-electron chi connectivity index (χ1n) is 7.93. The van der Waals surface area contributed by atoms with Crippen LogP contribution in [0.3, 0.4) is 0 Å². The molecule has 1 aromatic rings. The van der Waals surface area contributed by atoms with E-state index < -0.39 is 10.0 Å². The van der Waals surface area contributed by atoms with Crippen LogP contribution in [0.5, 0.6) is 0 Å². The molecule has 1 aliphatic rings. The second-order valence-electron chi connectivity index (χ2n) is 5.77. The van der Waals surface area contributed by atoms with Gasteiger partial charge in [0.15, 0.2) is 0 Å². The molecule has 2 unspecified atom stereocenters. The minimum atomic E-state index is -3.38. The maximum Gasteiger partial charge on any atom is 0.242 e. The van der Waals surface area contributed by atoms with Gasteiger partial charge in [0.05, 0.1) is 4.90 Å². The van der Waals surface area contributed by atoms with Crippen LogP contribution in [-0.4, -0.2) is 25.6 Å². The lowest BCUT2D eigenvalue weighted by Crippen LogP contribution is -2.26. The third-order valence-electron chi connectivity index (χ3n) is 4.05. The topological polar surface area (TPSA) is 63.1 Å². The minimum absolute atomic E-state index is 0.131. The summed E-state index contributed by atoms with van der Waals surface area (Å²) in [6, 6.07) is 1.93. The van der Waals surface area contributed by atoms with Crippen LogP contribution in [0, 0.1) is 5.92 Å². The average Bonchev–Trinajstić information content (AvgIpc) is 3.05. The first kappa shape index (κ1) is 16.5. The Bertz CT molecular complexity index is 565. The molecule has 0 aliphatic heterocycles. The quantitative estimate of drug-likeness (QED) is 0.734. The van der Waals surface area contributed by atoms with Crippen molar-refractivity contribution in [1.82, 2.24) is 14.6 Å². The molecule has 6 heteroatoms. The molecule has 0 radical (unpaired) electrons. The minimum Gasteiger partial charge on any atom is -0.349 e. The van der Waals surface area contributed by atoms with Crippen molar-refractivity contribution in [2.75, 3.05) is 6.54 Å². The summed E-state index contributed by atoms with van der Waals surface area (Å²) in [4.78, 5) is 0.394. The van der Waals surface area contributed by atoms with Gasteiger partial charge in [0.25, 0.3) is 0 Å². The Hall–Kier alpha value is -0.850. The molecule has 0 saturated heterocycles. The lowest BCUT2D eigenvalue weighted by Gasteiger charge is -2.07. The van der Waals surface area contributed by atoms with Crippen LogP contribution in [0.25, 0.3) is 0 Å². The molecule has 5 nitrogen and oxygen atoms in total. The van der Waals surface area contributed by atoms with Crippen LogP contribution in [0.4, 0.5) is 0 Å². The summed E-state index contributed by atoms with van der Waals surface area (Å²) in [5.41, 5.74) is 1.03. The van der Waals surface area contributed by atoms with E-state index in [-0.39, 0.29) is 6.04 Å². The molecule has 1 fully saturated rings. The van der Waals surface area contributed by atoms with Crippen molar-refractivity contribution < 1.29 is 8.42 Å². The van der Waals surface area contributed by atoms with Crippen LogP contribution in [0.2, 0.25) is 0 Å². The predicted octanol–water partition coefficient (Wildman–Crippen LogP) is 2.08. The fourth-order valence-corrected chi connectivity index (χ4v) is 4.01. The summed E-state index contributed by atoms with van der Waals surface area (Å²) < 4.78 is 29.8. The van der Waals surface area contributed by atoms with Crippen LogP contribution in [0.15, 0.2) is 17.2 Å². The SMILES string of the molecule is CCCn1cc(S(=O)(=O)NC2CC2CC)cc1CNCC. The number of aryl methyl sites for hydroxylation is 1. The molecule has 1 aliphatic carbocycles. The normalized spacial score (nSPS) is 21.7. The highest BCUT2D eigenvalue weighted by atomic mass is 32.2. The van der Waals surface area contributed by atoms with Gasteiger partial charge in [-0.15, -0.1) is 0 Å². The van der Waals surface area contributed by atoms with E-state index in [1.54, 1.807) is 12.3 Å². The van der Waals surface area contributed by atoms with Crippen LogP contribution in [0.1, 0.15) is 45.7 Å². The highest BCUT2D eigenvalue weighted by Gasteiger charge is 2.38. The molecule has 0 amide bonds. The number of hydrogen-bond donors (Lipinski definition) is 2. The van der Waals surface area contributed by atoms with E-state index >= 15 is 0 Å². The lowest BCUT2D eigenvalue weighted by molar-refractivity contribution is 0.575. The van der Waals surface area contributed by atoms with Crippen LogP contribution >= 0.6 is 0 Å². The summed E-state index contributed by atoms with van der Waals surface area (Å²) in [6.45, 7) is 8.66. The Morgan fingerprint density at radius 3 is 2.67 bits per heavy atom. The summed E-state index contributed by atoms with van der Waals surface area (Å²) in [6.07, 6.45) is 4.76. The number of rotatable bonds is 9. The second kappa shape index (κ2) is 6.94.